The van der Waals surface area contributed by atoms with Gasteiger partial charge in [0.2, 0.25) is 0 Å². The highest BCUT2D eigenvalue weighted by molar-refractivity contribution is 5.88. The minimum absolute atomic E-state index is 0.191. The Balaban J connectivity index is 5.31. The van der Waals surface area contributed by atoms with Crippen LogP contribution in [-0.4, -0.2) is 36.7 Å². The first kappa shape index (κ1) is 22.6. The fraction of sp³-hybridized carbons (Fsp3) is 0.526. The van der Waals surface area contributed by atoms with Gasteiger partial charge in [-0.05, 0) is 33.6 Å². The van der Waals surface area contributed by atoms with Crippen molar-refractivity contribution in [2.45, 2.75) is 59.2 Å². The van der Waals surface area contributed by atoms with Gasteiger partial charge in [0, 0.05) is 16.7 Å². The topological polar surface area (TPSA) is 78.9 Å². The normalized spacial score (nSPS) is 12.5. The van der Waals surface area contributed by atoms with Crippen LogP contribution in [0.4, 0.5) is 0 Å². The van der Waals surface area contributed by atoms with Gasteiger partial charge in [-0.25, -0.2) is 14.4 Å². The fourth-order valence-electron chi connectivity index (χ4n) is 1.70. The Morgan fingerprint density at radius 3 is 1.64 bits per heavy atom. The van der Waals surface area contributed by atoms with E-state index in [2.05, 4.69) is 19.7 Å². The van der Waals surface area contributed by atoms with Gasteiger partial charge in [-0.1, -0.05) is 33.1 Å². The largest absolute Gasteiger partial charge is 0.458 e. The van der Waals surface area contributed by atoms with Crippen LogP contribution in [0.3, 0.4) is 0 Å². The molecule has 25 heavy (non-hydrogen) atoms. The third-order valence-electron chi connectivity index (χ3n) is 3.20. The van der Waals surface area contributed by atoms with Crippen LogP contribution in [0.2, 0.25) is 0 Å². The van der Waals surface area contributed by atoms with Crippen LogP contribution in [0.15, 0.2) is 36.5 Å². The average molecular weight is 352 g/mol. The van der Waals surface area contributed by atoms with Crippen molar-refractivity contribution in [2.75, 3.05) is 6.61 Å². The van der Waals surface area contributed by atoms with Gasteiger partial charge >= 0.3 is 17.9 Å². The second-order valence-corrected chi connectivity index (χ2v) is 5.97. The molecule has 0 N–H and O–H groups in total. The summed E-state index contributed by atoms with van der Waals surface area (Å²) in [6.07, 6.45) is 0.346. The van der Waals surface area contributed by atoms with Gasteiger partial charge in [-0.15, -0.1) is 0 Å². The highest BCUT2D eigenvalue weighted by atomic mass is 16.6. The molecule has 2 unspecified atom stereocenters. The summed E-state index contributed by atoms with van der Waals surface area (Å²) in [5.41, 5.74) is 0.635. The van der Waals surface area contributed by atoms with E-state index in [0.29, 0.717) is 6.42 Å². The smallest absolute Gasteiger partial charge is 0.333 e. The Bertz CT molecular complexity index is 546. The van der Waals surface area contributed by atoms with Gasteiger partial charge in [0.05, 0.1) is 0 Å². The maximum absolute atomic E-state index is 11.9. The van der Waals surface area contributed by atoms with Crippen molar-refractivity contribution < 1.29 is 28.6 Å². The lowest BCUT2D eigenvalue weighted by Crippen LogP contribution is -2.39. The predicted octanol–water partition coefficient (Wildman–Crippen LogP) is 3.27. The summed E-state index contributed by atoms with van der Waals surface area (Å²) in [5.74, 6) is -1.86. The molecule has 0 fully saturated rings. The van der Waals surface area contributed by atoms with Crippen LogP contribution >= 0.6 is 0 Å². The molecule has 0 bridgehead atoms. The molecule has 2 atom stereocenters. The molecule has 0 radical (unpaired) electrons. The van der Waals surface area contributed by atoms with Gasteiger partial charge in [0.1, 0.15) is 12.7 Å². The SMILES string of the molecule is C=C(C)C(=O)OCC(OC(=O)C(=C)C)C(CCCC)OC(=O)C(=C)C. The van der Waals surface area contributed by atoms with Crippen molar-refractivity contribution in [3.63, 3.8) is 0 Å². The van der Waals surface area contributed by atoms with Gasteiger partial charge in [-0.3, -0.25) is 0 Å². The average Bonchev–Trinajstić information content (AvgIpc) is 2.54. The summed E-state index contributed by atoms with van der Waals surface area (Å²) in [5, 5.41) is 0. The maximum atomic E-state index is 11.9. The number of ether oxygens (including phenoxy) is 3. The second-order valence-electron chi connectivity index (χ2n) is 5.97. The summed E-state index contributed by atoms with van der Waals surface area (Å²) >= 11 is 0. The molecule has 0 amide bonds. The van der Waals surface area contributed by atoms with Crippen LogP contribution in [0.1, 0.15) is 47.0 Å². The first-order valence-corrected chi connectivity index (χ1v) is 8.15. The molecule has 0 spiro atoms. The minimum atomic E-state index is -0.942. The summed E-state index contributed by atoms with van der Waals surface area (Å²) in [6, 6.07) is 0. The van der Waals surface area contributed by atoms with E-state index >= 15 is 0 Å². The van der Waals surface area contributed by atoms with Crippen molar-refractivity contribution in [1.82, 2.24) is 0 Å². The minimum Gasteiger partial charge on any atom is -0.458 e. The Hall–Kier alpha value is -2.37. The van der Waals surface area contributed by atoms with Gasteiger partial charge in [-0.2, -0.15) is 0 Å². The molecule has 0 aromatic heterocycles. The van der Waals surface area contributed by atoms with E-state index in [1.807, 2.05) is 6.92 Å². The first-order chi connectivity index (χ1) is 11.6. The molecule has 0 rings (SSSR count). The van der Waals surface area contributed by atoms with Crippen molar-refractivity contribution >= 4 is 17.9 Å². The number of carbonyl (C=O) groups excluding carboxylic acids is 3. The molecule has 0 saturated heterocycles. The number of hydrogen-bond donors (Lipinski definition) is 0. The number of carbonyl (C=O) groups is 3. The van der Waals surface area contributed by atoms with E-state index in [0.717, 1.165) is 12.8 Å². The van der Waals surface area contributed by atoms with Gasteiger partial charge in [0.15, 0.2) is 6.10 Å². The standard InChI is InChI=1S/C19H28O6/c1-8-9-10-15(24-18(21)13(4)5)16(25-19(22)14(6)7)11-23-17(20)12(2)3/h15-16H,2,4,6,8-11H2,1,3,5,7H3. The lowest BCUT2D eigenvalue weighted by Gasteiger charge is -2.27. The highest BCUT2D eigenvalue weighted by Gasteiger charge is 2.30. The summed E-state index contributed by atoms with van der Waals surface area (Å²) in [6.45, 7) is 16.8. The summed E-state index contributed by atoms with van der Waals surface area (Å²) < 4.78 is 15.8. The van der Waals surface area contributed by atoms with Gasteiger partial charge in [0.25, 0.3) is 0 Å². The molecule has 0 aromatic rings. The van der Waals surface area contributed by atoms with E-state index in [4.69, 9.17) is 14.2 Å². The number of unbranched alkanes of at least 4 members (excludes halogenated alkanes) is 1. The van der Waals surface area contributed by atoms with Crippen LogP contribution in [0, 0.1) is 0 Å². The number of rotatable bonds is 11. The van der Waals surface area contributed by atoms with Gasteiger partial charge < -0.3 is 14.2 Å². The molecule has 0 aliphatic carbocycles. The molecule has 0 saturated carbocycles. The number of esters is 3. The van der Waals surface area contributed by atoms with E-state index in [9.17, 15) is 14.4 Å². The third-order valence-corrected chi connectivity index (χ3v) is 3.20. The number of hydrogen-bond acceptors (Lipinski definition) is 6. The summed E-state index contributed by atoms with van der Waals surface area (Å²) in [7, 11) is 0. The third kappa shape index (κ3) is 8.88. The fourth-order valence-corrected chi connectivity index (χ4v) is 1.70. The Labute approximate surface area is 149 Å². The van der Waals surface area contributed by atoms with Crippen molar-refractivity contribution in [3.05, 3.63) is 36.5 Å². The van der Waals surface area contributed by atoms with E-state index in [-0.39, 0.29) is 23.3 Å². The maximum Gasteiger partial charge on any atom is 0.333 e. The predicted molar refractivity (Wildman–Crippen MR) is 94.7 cm³/mol. The first-order valence-electron chi connectivity index (χ1n) is 8.15. The Morgan fingerprint density at radius 2 is 1.24 bits per heavy atom. The monoisotopic (exact) mass is 352 g/mol. The Morgan fingerprint density at radius 1 is 0.800 bits per heavy atom. The van der Waals surface area contributed by atoms with Crippen molar-refractivity contribution in [2.24, 2.45) is 0 Å². The molecule has 0 aliphatic heterocycles. The molecule has 0 aliphatic rings. The zero-order valence-electron chi connectivity index (χ0n) is 15.6. The summed E-state index contributed by atoms with van der Waals surface area (Å²) in [4.78, 5) is 35.4. The second kappa shape index (κ2) is 11.2. The zero-order chi connectivity index (χ0) is 19.6. The van der Waals surface area contributed by atoms with E-state index < -0.39 is 30.1 Å². The van der Waals surface area contributed by atoms with Crippen LogP contribution in [-0.2, 0) is 28.6 Å². The Kier molecular flexibility index (Phi) is 10.2. The molecule has 6 nitrogen and oxygen atoms in total. The quantitative estimate of drug-likeness (QED) is 0.323. The molecular weight excluding hydrogens is 324 g/mol. The van der Waals surface area contributed by atoms with Crippen molar-refractivity contribution in [3.8, 4) is 0 Å². The van der Waals surface area contributed by atoms with E-state index in [1.54, 1.807) is 0 Å². The van der Waals surface area contributed by atoms with Crippen LogP contribution in [0.5, 0.6) is 0 Å². The zero-order valence-corrected chi connectivity index (χ0v) is 15.6. The lowest BCUT2D eigenvalue weighted by atomic mass is 10.1. The molecule has 6 heteroatoms. The molecular formula is C19H28O6. The van der Waals surface area contributed by atoms with Crippen molar-refractivity contribution in [1.29, 1.82) is 0 Å². The van der Waals surface area contributed by atoms with Crippen LogP contribution in [0.25, 0.3) is 0 Å². The molecule has 0 aromatic carbocycles. The lowest BCUT2D eigenvalue weighted by molar-refractivity contribution is -0.171. The van der Waals surface area contributed by atoms with Crippen LogP contribution < -0.4 is 0 Å². The molecule has 0 heterocycles. The highest BCUT2D eigenvalue weighted by Crippen LogP contribution is 2.17. The van der Waals surface area contributed by atoms with E-state index in [1.165, 1.54) is 20.8 Å². The molecule has 140 valence electrons.